The van der Waals surface area contributed by atoms with Crippen LogP contribution < -0.4 is 0 Å². The van der Waals surface area contributed by atoms with E-state index in [2.05, 4.69) is 176 Å². The van der Waals surface area contributed by atoms with Gasteiger partial charge in [-0.15, -0.1) is 22.7 Å². The molecule has 0 aliphatic heterocycles. The quantitative estimate of drug-likeness (QED) is 0.123. The average molecular weight is 721 g/mol. The first-order valence-electron chi connectivity index (χ1n) is 18.4. The maximum atomic E-state index is 3.86. The normalized spacial score (nSPS) is 12.1. The van der Waals surface area contributed by atoms with Gasteiger partial charge in [0.1, 0.15) is 0 Å². The van der Waals surface area contributed by atoms with E-state index in [0.29, 0.717) is 0 Å². The number of benzene rings is 9. The minimum Gasteiger partial charge on any atom is -0.134 e. The zero-order valence-electron chi connectivity index (χ0n) is 29.3. The lowest BCUT2D eigenvalue weighted by atomic mass is 9.85. The summed E-state index contributed by atoms with van der Waals surface area (Å²) in [5.41, 5.74) is 8.62. The Morgan fingerprint density at radius 3 is 1.63 bits per heavy atom. The van der Waals surface area contributed by atoms with E-state index in [1.807, 2.05) is 34.8 Å². The van der Waals surface area contributed by atoms with Gasteiger partial charge in [0.05, 0.1) is 0 Å². The van der Waals surface area contributed by atoms with Crippen molar-refractivity contribution in [3.05, 3.63) is 188 Å². The standard InChI is InChI=1S/C52H32S2/c1-2-3-13-32-14-12-15-36(30-32)48-39-18-6-4-16-37(39)47(38-17-5-7-19-40(38)48)34-26-24-33(25-27-34)35-28-29-44-46(31-35)54-51-42-21-9-8-20-41(42)49-43-22-10-11-23-45(43)53-52(49)50(44)51/h2-31H,1H2/b13-3-. The van der Waals surface area contributed by atoms with Gasteiger partial charge in [-0.05, 0) is 84.1 Å². The summed E-state index contributed by atoms with van der Waals surface area (Å²) in [6.07, 6.45) is 5.93. The second-order valence-electron chi connectivity index (χ2n) is 14.0. The molecular formula is C52H32S2. The molecule has 11 rings (SSSR count). The molecule has 0 atom stereocenters. The summed E-state index contributed by atoms with van der Waals surface area (Å²) in [5.74, 6) is 0. The molecule has 0 saturated heterocycles. The number of hydrogen-bond acceptors (Lipinski definition) is 2. The maximum Gasteiger partial charge on any atom is 0.0455 e. The van der Waals surface area contributed by atoms with Crippen LogP contribution in [0.15, 0.2) is 183 Å². The van der Waals surface area contributed by atoms with Crippen LogP contribution in [0.4, 0.5) is 0 Å². The first kappa shape index (κ1) is 31.2. The highest BCUT2D eigenvalue weighted by Gasteiger charge is 2.19. The molecule has 0 aliphatic rings. The van der Waals surface area contributed by atoms with Gasteiger partial charge in [-0.1, -0.05) is 170 Å². The Morgan fingerprint density at radius 1 is 0.370 bits per heavy atom. The van der Waals surface area contributed by atoms with Gasteiger partial charge in [0.2, 0.25) is 0 Å². The molecule has 2 aromatic heterocycles. The first-order chi connectivity index (χ1) is 26.7. The Labute approximate surface area is 321 Å². The van der Waals surface area contributed by atoms with Crippen molar-refractivity contribution < 1.29 is 0 Å². The van der Waals surface area contributed by atoms with Gasteiger partial charge in [0, 0.05) is 45.7 Å². The van der Waals surface area contributed by atoms with Crippen molar-refractivity contribution in [2.45, 2.75) is 0 Å². The third kappa shape index (κ3) is 4.74. The van der Waals surface area contributed by atoms with Crippen LogP contribution in [-0.2, 0) is 0 Å². The lowest BCUT2D eigenvalue weighted by molar-refractivity contribution is 1.62. The number of rotatable bonds is 5. The summed E-state index contributed by atoms with van der Waals surface area (Å²) in [5, 5.41) is 13.2. The van der Waals surface area contributed by atoms with Crippen LogP contribution in [-0.4, -0.2) is 0 Å². The number of fused-ring (bicyclic) bond motifs is 12. The van der Waals surface area contributed by atoms with Crippen LogP contribution in [0.1, 0.15) is 5.56 Å². The zero-order chi connectivity index (χ0) is 35.8. The Bertz CT molecular complexity index is 3280. The summed E-state index contributed by atoms with van der Waals surface area (Å²) in [4.78, 5) is 0. The Morgan fingerprint density at radius 2 is 0.926 bits per heavy atom. The van der Waals surface area contributed by atoms with Gasteiger partial charge in [-0.25, -0.2) is 0 Å². The Hall–Kier alpha value is -6.32. The van der Waals surface area contributed by atoms with Crippen LogP contribution in [0.3, 0.4) is 0 Å². The zero-order valence-corrected chi connectivity index (χ0v) is 31.0. The monoisotopic (exact) mass is 720 g/mol. The molecule has 2 heteroatoms. The van der Waals surface area contributed by atoms with Crippen molar-refractivity contribution in [3.8, 4) is 33.4 Å². The van der Waals surface area contributed by atoms with Gasteiger partial charge in [0.25, 0.3) is 0 Å². The highest BCUT2D eigenvalue weighted by molar-refractivity contribution is 7.30. The molecule has 0 spiro atoms. The number of hydrogen-bond donors (Lipinski definition) is 0. The van der Waals surface area contributed by atoms with Crippen molar-refractivity contribution in [2.75, 3.05) is 0 Å². The van der Waals surface area contributed by atoms with E-state index < -0.39 is 0 Å². The Kier molecular flexibility index (Phi) is 7.16. The molecule has 11 aromatic rings. The summed E-state index contributed by atoms with van der Waals surface area (Å²) in [6, 6.07) is 60.7. The van der Waals surface area contributed by atoms with Crippen LogP contribution in [0, 0.1) is 0 Å². The highest BCUT2D eigenvalue weighted by Crippen LogP contribution is 2.50. The molecule has 0 N–H and O–H groups in total. The van der Waals surface area contributed by atoms with Crippen LogP contribution in [0.2, 0.25) is 0 Å². The lowest BCUT2D eigenvalue weighted by Crippen LogP contribution is -1.91. The van der Waals surface area contributed by atoms with Crippen LogP contribution >= 0.6 is 22.7 Å². The van der Waals surface area contributed by atoms with E-state index in [-0.39, 0.29) is 0 Å². The maximum absolute atomic E-state index is 3.86. The molecule has 9 aromatic carbocycles. The molecule has 252 valence electrons. The third-order valence-corrected chi connectivity index (χ3v) is 13.4. The molecule has 0 amide bonds. The van der Waals surface area contributed by atoms with Gasteiger partial charge < -0.3 is 0 Å². The van der Waals surface area contributed by atoms with Crippen LogP contribution in [0.5, 0.6) is 0 Å². The summed E-state index contributed by atoms with van der Waals surface area (Å²) in [6.45, 7) is 3.86. The molecule has 0 aliphatic carbocycles. The molecule has 54 heavy (non-hydrogen) atoms. The van der Waals surface area contributed by atoms with E-state index in [0.717, 1.165) is 5.56 Å². The second-order valence-corrected chi connectivity index (χ2v) is 16.1. The molecule has 0 nitrogen and oxygen atoms in total. The highest BCUT2D eigenvalue weighted by atomic mass is 32.1. The van der Waals surface area contributed by atoms with Crippen molar-refractivity contribution in [1.82, 2.24) is 0 Å². The van der Waals surface area contributed by atoms with E-state index in [4.69, 9.17) is 0 Å². The fourth-order valence-electron chi connectivity index (χ4n) is 8.64. The van der Waals surface area contributed by atoms with Gasteiger partial charge >= 0.3 is 0 Å². The summed E-state index contributed by atoms with van der Waals surface area (Å²) in [7, 11) is 0. The fraction of sp³-hybridized carbons (Fsp3) is 0. The summed E-state index contributed by atoms with van der Waals surface area (Å²) >= 11 is 3.86. The van der Waals surface area contributed by atoms with E-state index in [1.54, 1.807) is 0 Å². The van der Waals surface area contributed by atoms with Gasteiger partial charge in [-0.2, -0.15) is 0 Å². The third-order valence-electron chi connectivity index (χ3n) is 11.0. The van der Waals surface area contributed by atoms with E-state index in [1.165, 1.54) is 106 Å². The number of allylic oxidation sites excluding steroid dienone is 2. The van der Waals surface area contributed by atoms with Crippen LogP contribution in [0.25, 0.3) is 112 Å². The smallest absolute Gasteiger partial charge is 0.0455 e. The van der Waals surface area contributed by atoms with Crippen molar-refractivity contribution >= 4 is 101 Å². The van der Waals surface area contributed by atoms with Crippen molar-refractivity contribution in [2.24, 2.45) is 0 Å². The molecule has 2 heterocycles. The molecule has 0 bridgehead atoms. The van der Waals surface area contributed by atoms with Gasteiger partial charge in [-0.3, -0.25) is 0 Å². The first-order valence-corrected chi connectivity index (χ1v) is 20.0. The minimum atomic E-state index is 1.16. The van der Waals surface area contributed by atoms with Crippen molar-refractivity contribution in [1.29, 1.82) is 0 Å². The molecule has 0 radical (unpaired) electrons. The molecule has 0 saturated carbocycles. The Balaban J connectivity index is 1.06. The minimum absolute atomic E-state index is 1.16. The average Bonchev–Trinajstić information content (AvgIpc) is 3.81. The molecule has 0 unspecified atom stereocenters. The predicted octanol–water partition coefficient (Wildman–Crippen LogP) is 16.1. The fourth-order valence-corrected chi connectivity index (χ4v) is 11.3. The van der Waals surface area contributed by atoms with Crippen molar-refractivity contribution in [3.63, 3.8) is 0 Å². The van der Waals surface area contributed by atoms with E-state index in [9.17, 15) is 0 Å². The largest absolute Gasteiger partial charge is 0.134 e. The topological polar surface area (TPSA) is 0 Å². The number of thiophene rings is 2. The van der Waals surface area contributed by atoms with Gasteiger partial charge in [0.15, 0.2) is 0 Å². The lowest BCUT2D eigenvalue weighted by Gasteiger charge is -2.18. The predicted molar refractivity (Wildman–Crippen MR) is 240 cm³/mol. The molecular weight excluding hydrogens is 689 g/mol. The second kappa shape index (κ2) is 12.4. The molecule has 0 fully saturated rings. The summed E-state index contributed by atoms with van der Waals surface area (Å²) < 4.78 is 5.46. The van der Waals surface area contributed by atoms with E-state index >= 15 is 0 Å². The SMILES string of the molecule is C=C/C=C\c1cccc(-c2c3ccccc3c(-c3ccc(-c4ccc5c(c4)sc4c6ccccc6c6c7ccccc7sc6c54)cc3)c3ccccc23)c1.